The van der Waals surface area contributed by atoms with Crippen molar-refractivity contribution in [1.82, 2.24) is 0 Å². The Balaban J connectivity index is 1.18. The third-order valence-corrected chi connectivity index (χ3v) is 12.6. The molecule has 214 valence electrons. The fourth-order valence-electron chi connectivity index (χ4n) is 10.6. The van der Waals surface area contributed by atoms with Gasteiger partial charge in [0.15, 0.2) is 0 Å². The number of allylic oxidation sites excluding steroid dienone is 1. The van der Waals surface area contributed by atoms with Crippen LogP contribution in [0.25, 0.3) is 5.57 Å². The first-order valence-electron chi connectivity index (χ1n) is 16.3. The summed E-state index contributed by atoms with van der Waals surface area (Å²) in [5.41, 5.74) is 4.95. The second-order valence-electron chi connectivity index (χ2n) is 14.5. The summed E-state index contributed by atoms with van der Waals surface area (Å²) in [5, 5.41) is 0. The number of carbonyl (C=O) groups excluding carboxylic acids is 1. The van der Waals surface area contributed by atoms with Crippen LogP contribution >= 0.6 is 0 Å². The van der Waals surface area contributed by atoms with Crippen LogP contribution in [0.1, 0.15) is 103 Å². The third kappa shape index (κ3) is 4.99. The fraction of sp³-hybridized carbons (Fsp3) is 0.605. The van der Waals surface area contributed by atoms with Crippen molar-refractivity contribution in [3.05, 3.63) is 77.9 Å². The summed E-state index contributed by atoms with van der Waals surface area (Å²) in [6.45, 7) is 9.43. The van der Waals surface area contributed by atoms with Gasteiger partial charge in [0.25, 0.3) is 0 Å². The van der Waals surface area contributed by atoms with Gasteiger partial charge in [0.1, 0.15) is 6.10 Å². The molecule has 0 radical (unpaired) electrons. The Labute approximate surface area is 243 Å². The van der Waals surface area contributed by atoms with E-state index >= 15 is 0 Å². The van der Waals surface area contributed by atoms with Gasteiger partial charge in [0.05, 0.1) is 0 Å². The fourth-order valence-corrected chi connectivity index (χ4v) is 10.6. The topological polar surface area (TPSA) is 26.3 Å². The summed E-state index contributed by atoms with van der Waals surface area (Å²) in [6.07, 6.45) is 15.6. The highest BCUT2D eigenvalue weighted by Gasteiger charge is 2.60. The second kappa shape index (κ2) is 11.1. The van der Waals surface area contributed by atoms with Gasteiger partial charge in [-0.15, -0.1) is 0 Å². The SMILES string of the molecule is CC(=O)O[C@@H]1CC[C@@]2(C)C(CC[C@H]3[C@@H]4CC[C@H]([C@H](C)CC=C(c5ccccc5)c5ccccc5)[C@@]4(C)CC[C@@H]32)C1. The lowest BCUT2D eigenvalue weighted by Gasteiger charge is -2.61. The van der Waals surface area contributed by atoms with Crippen LogP contribution in [0.5, 0.6) is 0 Å². The summed E-state index contributed by atoms with van der Waals surface area (Å²) in [4.78, 5) is 11.6. The van der Waals surface area contributed by atoms with Crippen molar-refractivity contribution in [3.63, 3.8) is 0 Å². The number of ether oxygens (including phenoxy) is 1. The highest BCUT2D eigenvalue weighted by Crippen LogP contribution is 2.68. The second-order valence-corrected chi connectivity index (χ2v) is 14.5. The summed E-state index contributed by atoms with van der Waals surface area (Å²) in [5.74, 6) is 4.77. The van der Waals surface area contributed by atoms with Gasteiger partial charge in [-0.1, -0.05) is 87.5 Å². The Morgan fingerprint density at radius 1 is 0.850 bits per heavy atom. The molecule has 9 atom stereocenters. The molecule has 4 aliphatic rings. The molecule has 0 spiro atoms. The minimum atomic E-state index is -0.101. The Morgan fingerprint density at radius 3 is 2.12 bits per heavy atom. The van der Waals surface area contributed by atoms with Crippen molar-refractivity contribution in [2.45, 2.75) is 98.0 Å². The maximum Gasteiger partial charge on any atom is 0.302 e. The summed E-state index contributed by atoms with van der Waals surface area (Å²) >= 11 is 0. The number of carbonyl (C=O) groups is 1. The zero-order valence-electron chi connectivity index (χ0n) is 25.3. The molecule has 0 N–H and O–H groups in total. The van der Waals surface area contributed by atoms with Crippen molar-refractivity contribution in [2.75, 3.05) is 0 Å². The molecule has 4 fully saturated rings. The highest BCUT2D eigenvalue weighted by atomic mass is 16.5. The molecular formula is C38H50O2. The highest BCUT2D eigenvalue weighted by molar-refractivity contribution is 5.79. The van der Waals surface area contributed by atoms with Crippen LogP contribution in [-0.2, 0) is 9.53 Å². The lowest BCUT2D eigenvalue weighted by Crippen LogP contribution is -2.54. The first kappa shape index (κ1) is 27.8. The minimum absolute atomic E-state index is 0.101. The van der Waals surface area contributed by atoms with Crippen LogP contribution in [0, 0.1) is 46.3 Å². The molecule has 2 heteroatoms. The number of fused-ring (bicyclic) bond motifs is 5. The number of esters is 1. The van der Waals surface area contributed by atoms with Gasteiger partial charge in [-0.2, -0.15) is 0 Å². The van der Waals surface area contributed by atoms with E-state index in [2.05, 4.69) is 87.5 Å². The van der Waals surface area contributed by atoms with Gasteiger partial charge in [-0.05, 0) is 127 Å². The first-order valence-corrected chi connectivity index (χ1v) is 16.3. The van der Waals surface area contributed by atoms with Gasteiger partial charge in [-0.3, -0.25) is 4.79 Å². The van der Waals surface area contributed by atoms with Crippen LogP contribution < -0.4 is 0 Å². The molecule has 2 nitrogen and oxygen atoms in total. The molecular weight excluding hydrogens is 488 g/mol. The number of benzene rings is 2. The van der Waals surface area contributed by atoms with Crippen molar-refractivity contribution < 1.29 is 9.53 Å². The monoisotopic (exact) mass is 538 g/mol. The van der Waals surface area contributed by atoms with E-state index in [1.54, 1.807) is 6.92 Å². The van der Waals surface area contributed by atoms with Gasteiger partial charge < -0.3 is 4.74 Å². The molecule has 1 unspecified atom stereocenters. The van der Waals surface area contributed by atoms with E-state index in [0.717, 1.165) is 48.9 Å². The maximum atomic E-state index is 11.6. The Morgan fingerprint density at radius 2 is 1.48 bits per heavy atom. The lowest BCUT2D eigenvalue weighted by molar-refractivity contribution is -0.160. The molecule has 0 aliphatic heterocycles. The molecule has 0 aromatic heterocycles. The van der Waals surface area contributed by atoms with Crippen molar-refractivity contribution in [3.8, 4) is 0 Å². The molecule has 0 heterocycles. The van der Waals surface area contributed by atoms with E-state index in [1.807, 2.05) is 0 Å². The van der Waals surface area contributed by atoms with Crippen molar-refractivity contribution in [1.29, 1.82) is 0 Å². The first-order chi connectivity index (χ1) is 19.3. The van der Waals surface area contributed by atoms with Gasteiger partial charge in [0.2, 0.25) is 0 Å². The molecule has 4 saturated carbocycles. The van der Waals surface area contributed by atoms with Gasteiger partial charge >= 0.3 is 5.97 Å². The van der Waals surface area contributed by atoms with Crippen LogP contribution in [0.15, 0.2) is 66.7 Å². The maximum absolute atomic E-state index is 11.6. The Kier molecular flexibility index (Phi) is 7.75. The minimum Gasteiger partial charge on any atom is -0.463 e. The predicted molar refractivity (Wildman–Crippen MR) is 165 cm³/mol. The van der Waals surface area contributed by atoms with Gasteiger partial charge in [0, 0.05) is 6.92 Å². The molecule has 4 aliphatic carbocycles. The van der Waals surface area contributed by atoms with E-state index in [9.17, 15) is 4.79 Å². The smallest absolute Gasteiger partial charge is 0.302 e. The summed E-state index contributed by atoms with van der Waals surface area (Å²) in [6, 6.07) is 21.9. The van der Waals surface area contributed by atoms with Crippen molar-refractivity contribution >= 4 is 11.5 Å². The zero-order valence-corrected chi connectivity index (χ0v) is 25.3. The van der Waals surface area contributed by atoms with E-state index < -0.39 is 0 Å². The van der Waals surface area contributed by atoms with Crippen LogP contribution in [-0.4, -0.2) is 12.1 Å². The molecule has 40 heavy (non-hydrogen) atoms. The molecule has 6 rings (SSSR count). The standard InChI is InChI=1S/C38H50O2/c1-26(15-17-32(28-11-7-5-8-12-28)29-13-9-6-10-14-29)34-19-20-35-33-18-16-30-25-31(40-27(2)39)21-23-37(30,3)36(33)22-24-38(34,35)4/h5-14,17,26,30-31,33-36H,15-16,18-25H2,1-4H3/t26-,30?,31-,33+,34-,35+,36+,37+,38-/m1/s1. The summed E-state index contributed by atoms with van der Waals surface area (Å²) in [7, 11) is 0. The number of hydrogen-bond donors (Lipinski definition) is 0. The molecule has 0 bridgehead atoms. The van der Waals surface area contributed by atoms with Crippen molar-refractivity contribution in [2.24, 2.45) is 46.3 Å². The lowest BCUT2D eigenvalue weighted by atomic mass is 9.44. The largest absolute Gasteiger partial charge is 0.463 e. The Hall–Kier alpha value is -2.35. The molecule has 0 saturated heterocycles. The van der Waals surface area contributed by atoms with Gasteiger partial charge in [-0.25, -0.2) is 0 Å². The summed E-state index contributed by atoms with van der Waals surface area (Å²) < 4.78 is 5.70. The predicted octanol–water partition coefficient (Wildman–Crippen LogP) is 9.74. The van der Waals surface area contributed by atoms with E-state index in [0.29, 0.717) is 16.7 Å². The molecule has 0 amide bonds. The number of rotatable bonds is 6. The molecule has 2 aromatic rings. The van der Waals surface area contributed by atoms with E-state index in [4.69, 9.17) is 4.74 Å². The average Bonchev–Trinajstić information content (AvgIpc) is 3.31. The van der Waals surface area contributed by atoms with E-state index in [-0.39, 0.29) is 12.1 Å². The van der Waals surface area contributed by atoms with E-state index in [1.165, 1.54) is 61.6 Å². The Bertz CT molecular complexity index is 1160. The van der Waals surface area contributed by atoms with Crippen LogP contribution in [0.3, 0.4) is 0 Å². The van der Waals surface area contributed by atoms with Crippen LogP contribution in [0.4, 0.5) is 0 Å². The van der Waals surface area contributed by atoms with Crippen LogP contribution in [0.2, 0.25) is 0 Å². The zero-order chi connectivity index (χ0) is 27.9. The molecule has 2 aromatic carbocycles. The number of hydrogen-bond acceptors (Lipinski definition) is 2. The average molecular weight is 539 g/mol. The quantitative estimate of drug-likeness (QED) is 0.342. The third-order valence-electron chi connectivity index (χ3n) is 12.6. The normalized spacial score (nSPS) is 37.4.